The molecular weight excluding hydrogens is 298 g/mol. The minimum atomic E-state index is 0.160. The zero-order valence-electron chi connectivity index (χ0n) is 13.9. The molecule has 0 heterocycles. The van der Waals surface area contributed by atoms with Gasteiger partial charge in [0.1, 0.15) is 0 Å². The third kappa shape index (κ3) is 9.15. The summed E-state index contributed by atoms with van der Waals surface area (Å²) in [5, 5.41) is 6.00. The van der Waals surface area contributed by atoms with E-state index in [1.165, 1.54) is 38.5 Å². The van der Waals surface area contributed by atoms with Crippen LogP contribution in [0.3, 0.4) is 0 Å². The first-order valence-electron chi connectivity index (χ1n) is 8.24. The molecule has 4 N–H and O–H groups in total. The third-order valence-corrected chi connectivity index (χ3v) is 4.79. The largest absolute Gasteiger partial charge is 0.358 e. The monoisotopic (exact) mass is 329 g/mol. The number of hydrazine groups is 1. The van der Waals surface area contributed by atoms with Crippen molar-refractivity contribution in [2.45, 2.75) is 38.5 Å². The van der Waals surface area contributed by atoms with Crippen LogP contribution in [0.15, 0.2) is 4.99 Å². The van der Waals surface area contributed by atoms with Gasteiger partial charge < -0.3 is 10.6 Å². The summed E-state index contributed by atoms with van der Waals surface area (Å²) < 4.78 is 0. The lowest BCUT2D eigenvalue weighted by atomic mass is 10.0. The normalized spacial score (nSPS) is 16.9. The zero-order valence-corrected chi connectivity index (χ0v) is 14.7. The Morgan fingerprint density at radius 3 is 2.59 bits per heavy atom. The van der Waals surface area contributed by atoms with Crippen LogP contribution in [0.2, 0.25) is 0 Å². The minimum absolute atomic E-state index is 0.160. The Labute approximate surface area is 138 Å². The number of rotatable bonds is 8. The summed E-state index contributed by atoms with van der Waals surface area (Å²) in [6, 6.07) is 0. The summed E-state index contributed by atoms with van der Waals surface area (Å²) in [6.07, 6.45) is 7.91. The highest BCUT2D eigenvalue weighted by Crippen LogP contribution is 2.21. The van der Waals surface area contributed by atoms with Crippen LogP contribution in [0.4, 0.5) is 0 Å². The van der Waals surface area contributed by atoms with Crippen LogP contribution in [0, 0.1) is 5.92 Å². The van der Waals surface area contributed by atoms with Crippen molar-refractivity contribution in [1.29, 1.82) is 0 Å². The van der Waals surface area contributed by atoms with Crippen LogP contribution in [-0.2, 0) is 4.79 Å². The van der Waals surface area contributed by atoms with Crippen molar-refractivity contribution in [2.24, 2.45) is 10.9 Å². The number of carbonyl (C=O) groups is 1. The molecule has 0 bridgehead atoms. The fraction of sp³-hybridized carbons (Fsp3) is 0.867. The molecular formula is C15H31N5OS. The second-order valence-corrected chi connectivity index (χ2v) is 6.69. The number of nitrogens with one attached hydrogen (secondary N) is 4. The van der Waals surface area contributed by atoms with Gasteiger partial charge in [0.2, 0.25) is 11.9 Å². The summed E-state index contributed by atoms with van der Waals surface area (Å²) >= 11 is 1.64. The summed E-state index contributed by atoms with van der Waals surface area (Å²) in [6.45, 7) is 1.64. The van der Waals surface area contributed by atoms with Crippen LogP contribution in [0.5, 0.6) is 0 Å². The molecule has 0 unspecified atom stereocenters. The Hall–Kier alpha value is -0.950. The van der Waals surface area contributed by atoms with E-state index in [9.17, 15) is 4.79 Å². The van der Waals surface area contributed by atoms with Crippen molar-refractivity contribution in [1.82, 2.24) is 21.5 Å². The number of amides is 1. The maximum Gasteiger partial charge on any atom is 0.230 e. The molecule has 0 aromatic carbocycles. The van der Waals surface area contributed by atoms with E-state index in [0.29, 0.717) is 17.6 Å². The van der Waals surface area contributed by atoms with Gasteiger partial charge in [0.05, 0.1) is 5.75 Å². The maximum absolute atomic E-state index is 11.8. The van der Waals surface area contributed by atoms with Crippen LogP contribution >= 0.6 is 11.8 Å². The number of nitrogens with zero attached hydrogens (tertiary/aromatic N) is 1. The van der Waals surface area contributed by atoms with E-state index in [1.54, 1.807) is 18.8 Å². The number of guanidine groups is 1. The lowest BCUT2D eigenvalue weighted by molar-refractivity contribution is -0.118. The number of aliphatic imine (C=N–C) groups is 1. The second kappa shape index (κ2) is 12.6. The van der Waals surface area contributed by atoms with Crippen LogP contribution in [0.25, 0.3) is 0 Å². The van der Waals surface area contributed by atoms with Crippen molar-refractivity contribution >= 4 is 23.6 Å². The number of thioether (sulfide) groups is 1. The molecule has 0 aromatic heterocycles. The molecule has 0 spiro atoms. The van der Waals surface area contributed by atoms with Crippen molar-refractivity contribution < 1.29 is 4.79 Å². The molecule has 22 heavy (non-hydrogen) atoms. The Kier molecular flexibility index (Phi) is 10.9. The standard InChI is InChI=1S/C15H31N5OS/c1-16-15(17-2)20-19-9-10-22-12-14(21)18-11-13-7-5-3-4-6-8-13/h13,19H,3-12H2,1-2H3,(H,18,21)(H2,16,17,20). The van der Waals surface area contributed by atoms with Crippen molar-refractivity contribution in [3.8, 4) is 0 Å². The van der Waals surface area contributed by atoms with Gasteiger partial charge in [-0.15, -0.1) is 0 Å². The highest BCUT2D eigenvalue weighted by atomic mass is 32.2. The molecule has 1 saturated carbocycles. The molecule has 0 atom stereocenters. The van der Waals surface area contributed by atoms with E-state index in [-0.39, 0.29) is 5.91 Å². The summed E-state index contributed by atoms with van der Waals surface area (Å²) in [4.78, 5) is 15.8. The molecule has 1 rings (SSSR count). The van der Waals surface area contributed by atoms with Gasteiger partial charge in [-0.1, -0.05) is 25.7 Å². The molecule has 7 heteroatoms. The molecule has 0 radical (unpaired) electrons. The van der Waals surface area contributed by atoms with Crippen LogP contribution in [-0.4, -0.2) is 50.6 Å². The van der Waals surface area contributed by atoms with Crippen LogP contribution in [0.1, 0.15) is 38.5 Å². The minimum Gasteiger partial charge on any atom is -0.358 e. The smallest absolute Gasteiger partial charge is 0.230 e. The highest BCUT2D eigenvalue weighted by Gasteiger charge is 2.13. The van der Waals surface area contributed by atoms with Crippen molar-refractivity contribution in [2.75, 3.05) is 38.7 Å². The molecule has 1 fully saturated rings. The van der Waals surface area contributed by atoms with E-state index >= 15 is 0 Å². The van der Waals surface area contributed by atoms with E-state index in [4.69, 9.17) is 0 Å². The number of hydrogen-bond acceptors (Lipinski definition) is 4. The number of carbonyl (C=O) groups excluding carboxylic acids is 1. The average molecular weight is 330 g/mol. The molecule has 1 aliphatic rings. The van der Waals surface area contributed by atoms with Crippen molar-refractivity contribution in [3.63, 3.8) is 0 Å². The van der Waals surface area contributed by atoms with Gasteiger partial charge in [0.15, 0.2) is 0 Å². The molecule has 0 aromatic rings. The first-order valence-corrected chi connectivity index (χ1v) is 9.39. The van der Waals surface area contributed by atoms with E-state index in [1.807, 2.05) is 7.05 Å². The predicted molar refractivity (Wildman–Crippen MR) is 95.1 cm³/mol. The van der Waals surface area contributed by atoms with E-state index < -0.39 is 0 Å². The Bertz CT molecular complexity index is 330. The Morgan fingerprint density at radius 2 is 1.95 bits per heavy atom. The fourth-order valence-corrected chi connectivity index (χ4v) is 3.22. The van der Waals surface area contributed by atoms with Gasteiger partial charge in [0.25, 0.3) is 0 Å². The van der Waals surface area contributed by atoms with Gasteiger partial charge >= 0.3 is 0 Å². The zero-order chi connectivity index (χ0) is 16.0. The molecule has 1 amide bonds. The van der Waals surface area contributed by atoms with Gasteiger partial charge in [-0.25, -0.2) is 5.43 Å². The summed E-state index contributed by atoms with van der Waals surface area (Å²) in [5.74, 6) is 2.97. The predicted octanol–water partition coefficient (Wildman–Crippen LogP) is 1.11. The fourth-order valence-electron chi connectivity index (χ4n) is 2.54. The van der Waals surface area contributed by atoms with E-state index in [0.717, 1.165) is 18.8 Å². The Balaban J connectivity index is 1.96. The molecule has 6 nitrogen and oxygen atoms in total. The van der Waals surface area contributed by atoms with Crippen LogP contribution < -0.4 is 21.5 Å². The molecule has 0 saturated heterocycles. The van der Waals surface area contributed by atoms with Gasteiger partial charge in [-0.3, -0.25) is 15.2 Å². The van der Waals surface area contributed by atoms with Gasteiger partial charge in [-0.05, 0) is 18.8 Å². The van der Waals surface area contributed by atoms with Crippen molar-refractivity contribution in [3.05, 3.63) is 0 Å². The number of hydrogen-bond donors (Lipinski definition) is 4. The lowest BCUT2D eigenvalue weighted by Crippen LogP contribution is -2.44. The second-order valence-electron chi connectivity index (χ2n) is 5.59. The van der Waals surface area contributed by atoms with Gasteiger partial charge in [-0.2, -0.15) is 11.8 Å². The summed E-state index contributed by atoms with van der Waals surface area (Å²) in [7, 11) is 3.53. The lowest BCUT2D eigenvalue weighted by Gasteiger charge is -2.14. The Morgan fingerprint density at radius 1 is 1.23 bits per heavy atom. The molecule has 0 aliphatic heterocycles. The van der Waals surface area contributed by atoms with E-state index in [2.05, 4.69) is 26.5 Å². The molecule has 1 aliphatic carbocycles. The first-order chi connectivity index (χ1) is 10.8. The quantitative estimate of drug-likeness (QED) is 0.176. The topological polar surface area (TPSA) is 77.6 Å². The third-order valence-electron chi connectivity index (χ3n) is 3.83. The maximum atomic E-state index is 11.8. The SMILES string of the molecule is CN=C(NC)NNCCSCC(=O)NCC1CCCCCC1. The summed E-state index contributed by atoms with van der Waals surface area (Å²) in [5.41, 5.74) is 6.01. The average Bonchev–Trinajstić information content (AvgIpc) is 2.81. The van der Waals surface area contributed by atoms with Gasteiger partial charge in [0, 0.05) is 32.9 Å². The molecule has 128 valence electrons. The first kappa shape index (κ1) is 19.1. The highest BCUT2D eigenvalue weighted by molar-refractivity contribution is 7.99.